The first-order valence-corrected chi connectivity index (χ1v) is 6.01. The zero-order chi connectivity index (χ0) is 11.4. The summed E-state index contributed by atoms with van der Waals surface area (Å²) in [6.07, 6.45) is 3.81. The number of nitrogens with zero attached hydrogens (tertiary/aromatic N) is 1. The first-order chi connectivity index (χ1) is 7.81. The first kappa shape index (κ1) is 11.6. The maximum atomic E-state index is 12.9. The molecule has 0 bridgehead atoms. The van der Waals surface area contributed by atoms with E-state index in [1.54, 1.807) is 0 Å². The predicted octanol–water partition coefficient (Wildman–Crippen LogP) is 2.31. The van der Waals surface area contributed by atoms with E-state index >= 15 is 0 Å². The van der Waals surface area contributed by atoms with E-state index in [0.717, 1.165) is 18.7 Å². The van der Waals surface area contributed by atoms with Crippen LogP contribution in [0.5, 0.6) is 0 Å². The fourth-order valence-electron chi connectivity index (χ4n) is 2.41. The lowest BCUT2D eigenvalue weighted by Gasteiger charge is -2.34. The zero-order valence-corrected chi connectivity index (χ0v) is 9.53. The Morgan fingerprint density at radius 2 is 1.75 bits per heavy atom. The van der Waals surface area contributed by atoms with Gasteiger partial charge in [0.25, 0.3) is 0 Å². The monoisotopic (exact) mass is 222 g/mol. The van der Waals surface area contributed by atoms with Crippen molar-refractivity contribution in [2.75, 3.05) is 19.6 Å². The van der Waals surface area contributed by atoms with E-state index in [1.165, 1.54) is 31.4 Å². The molecule has 1 heterocycles. The molecular formula is C13H19FN2. The van der Waals surface area contributed by atoms with Gasteiger partial charge < -0.3 is 5.73 Å². The summed E-state index contributed by atoms with van der Waals surface area (Å²) in [5.41, 5.74) is 6.97. The van der Waals surface area contributed by atoms with Crippen molar-refractivity contribution in [2.45, 2.75) is 25.3 Å². The number of piperidine rings is 1. The highest BCUT2D eigenvalue weighted by Crippen LogP contribution is 2.23. The Hall–Kier alpha value is -0.930. The normalized spacial score (nSPS) is 19.6. The van der Waals surface area contributed by atoms with Crippen LogP contribution >= 0.6 is 0 Å². The van der Waals surface area contributed by atoms with Gasteiger partial charge in [-0.05, 0) is 43.6 Å². The summed E-state index contributed by atoms with van der Waals surface area (Å²) in [7, 11) is 0. The summed E-state index contributed by atoms with van der Waals surface area (Å²) in [5.74, 6) is -0.182. The Morgan fingerprint density at radius 1 is 1.12 bits per heavy atom. The molecule has 1 aromatic carbocycles. The SMILES string of the molecule is NC[C@@H](c1ccc(F)cc1)N1CCCCC1. The molecule has 0 saturated carbocycles. The number of nitrogens with two attached hydrogens (primary N) is 1. The van der Waals surface area contributed by atoms with Gasteiger partial charge in [0.05, 0.1) is 0 Å². The van der Waals surface area contributed by atoms with Crippen LogP contribution in [-0.4, -0.2) is 24.5 Å². The Balaban J connectivity index is 2.11. The Morgan fingerprint density at radius 3 is 2.31 bits per heavy atom. The highest BCUT2D eigenvalue weighted by Gasteiger charge is 2.20. The van der Waals surface area contributed by atoms with E-state index in [-0.39, 0.29) is 11.9 Å². The molecule has 88 valence electrons. The zero-order valence-electron chi connectivity index (χ0n) is 9.53. The number of rotatable bonds is 3. The van der Waals surface area contributed by atoms with Crippen LogP contribution in [0.1, 0.15) is 30.9 Å². The summed E-state index contributed by atoms with van der Waals surface area (Å²) < 4.78 is 12.9. The Labute approximate surface area is 96.2 Å². The quantitative estimate of drug-likeness (QED) is 0.850. The van der Waals surface area contributed by atoms with Crippen molar-refractivity contribution in [2.24, 2.45) is 5.73 Å². The van der Waals surface area contributed by atoms with Crippen molar-refractivity contribution < 1.29 is 4.39 Å². The second-order valence-electron chi connectivity index (χ2n) is 4.40. The van der Waals surface area contributed by atoms with Gasteiger partial charge >= 0.3 is 0 Å². The summed E-state index contributed by atoms with van der Waals surface area (Å²) in [5, 5.41) is 0. The lowest BCUT2D eigenvalue weighted by molar-refractivity contribution is 0.167. The Bertz CT molecular complexity index is 317. The van der Waals surface area contributed by atoms with E-state index in [9.17, 15) is 4.39 Å². The smallest absolute Gasteiger partial charge is 0.123 e. The molecule has 1 aliphatic rings. The van der Waals surface area contributed by atoms with Crippen LogP contribution in [-0.2, 0) is 0 Å². The summed E-state index contributed by atoms with van der Waals surface area (Å²) in [6.45, 7) is 2.82. The van der Waals surface area contributed by atoms with Crippen LogP contribution in [0.4, 0.5) is 4.39 Å². The van der Waals surface area contributed by atoms with Crippen molar-refractivity contribution in [1.82, 2.24) is 4.90 Å². The molecule has 0 amide bonds. The van der Waals surface area contributed by atoms with Crippen LogP contribution in [0.25, 0.3) is 0 Å². The fourth-order valence-corrected chi connectivity index (χ4v) is 2.41. The van der Waals surface area contributed by atoms with Crippen molar-refractivity contribution in [3.8, 4) is 0 Å². The molecule has 16 heavy (non-hydrogen) atoms. The number of benzene rings is 1. The lowest BCUT2D eigenvalue weighted by atomic mass is 10.0. The third kappa shape index (κ3) is 2.60. The largest absolute Gasteiger partial charge is 0.329 e. The van der Waals surface area contributed by atoms with E-state index in [4.69, 9.17) is 5.73 Å². The summed E-state index contributed by atoms with van der Waals surface area (Å²) >= 11 is 0. The molecule has 2 nitrogen and oxygen atoms in total. The van der Waals surface area contributed by atoms with Gasteiger partial charge in [0.15, 0.2) is 0 Å². The van der Waals surface area contributed by atoms with Crippen molar-refractivity contribution in [3.63, 3.8) is 0 Å². The number of hydrogen-bond donors (Lipinski definition) is 1. The van der Waals surface area contributed by atoms with Gasteiger partial charge in [0.2, 0.25) is 0 Å². The number of hydrogen-bond acceptors (Lipinski definition) is 2. The second kappa shape index (κ2) is 5.41. The molecule has 1 saturated heterocycles. The highest BCUT2D eigenvalue weighted by molar-refractivity contribution is 5.20. The van der Waals surface area contributed by atoms with Gasteiger partial charge in [-0.3, -0.25) is 4.90 Å². The van der Waals surface area contributed by atoms with Gasteiger partial charge in [0.1, 0.15) is 5.82 Å². The van der Waals surface area contributed by atoms with Crippen LogP contribution in [0.2, 0.25) is 0 Å². The molecule has 0 aromatic heterocycles. The van der Waals surface area contributed by atoms with Crippen LogP contribution in [0.3, 0.4) is 0 Å². The highest BCUT2D eigenvalue weighted by atomic mass is 19.1. The molecule has 0 spiro atoms. The maximum absolute atomic E-state index is 12.9. The van der Waals surface area contributed by atoms with Crippen LogP contribution < -0.4 is 5.73 Å². The maximum Gasteiger partial charge on any atom is 0.123 e. The van der Waals surface area contributed by atoms with Crippen molar-refractivity contribution >= 4 is 0 Å². The standard InChI is InChI=1S/C13H19FN2/c14-12-6-4-11(5-7-12)13(10-15)16-8-2-1-3-9-16/h4-7,13H,1-3,8-10,15H2/t13-/m0/s1. The van der Waals surface area contributed by atoms with Gasteiger partial charge in [0, 0.05) is 12.6 Å². The number of likely N-dealkylation sites (tertiary alicyclic amines) is 1. The minimum atomic E-state index is -0.182. The molecule has 0 aliphatic carbocycles. The van der Waals surface area contributed by atoms with Gasteiger partial charge in [-0.15, -0.1) is 0 Å². The molecule has 1 fully saturated rings. The third-order valence-corrected chi connectivity index (χ3v) is 3.31. The van der Waals surface area contributed by atoms with Crippen LogP contribution in [0.15, 0.2) is 24.3 Å². The summed E-state index contributed by atoms with van der Waals surface area (Å²) in [6, 6.07) is 6.98. The average molecular weight is 222 g/mol. The number of halogens is 1. The molecule has 1 aromatic rings. The van der Waals surface area contributed by atoms with Gasteiger partial charge in [-0.2, -0.15) is 0 Å². The molecule has 1 aliphatic heterocycles. The van der Waals surface area contributed by atoms with Gasteiger partial charge in [-0.25, -0.2) is 4.39 Å². The molecule has 0 radical (unpaired) electrons. The summed E-state index contributed by atoms with van der Waals surface area (Å²) in [4.78, 5) is 2.41. The lowest BCUT2D eigenvalue weighted by Crippen LogP contribution is -2.37. The van der Waals surface area contributed by atoms with E-state index in [1.807, 2.05) is 12.1 Å². The second-order valence-corrected chi connectivity index (χ2v) is 4.40. The molecule has 2 N–H and O–H groups in total. The van der Waals surface area contributed by atoms with Gasteiger partial charge in [-0.1, -0.05) is 18.6 Å². The Kier molecular flexibility index (Phi) is 3.91. The van der Waals surface area contributed by atoms with Crippen molar-refractivity contribution in [3.05, 3.63) is 35.6 Å². The first-order valence-electron chi connectivity index (χ1n) is 6.01. The average Bonchev–Trinajstić information content (AvgIpc) is 2.34. The topological polar surface area (TPSA) is 29.3 Å². The fraction of sp³-hybridized carbons (Fsp3) is 0.538. The van der Waals surface area contributed by atoms with Crippen LogP contribution in [0, 0.1) is 5.82 Å². The van der Waals surface area contributed by atoms with E-state index in [2.05, 4.69) is 4.90 Å². The molecular weight excluding hydrogens is 203 g/mol. The van der Waals surface area contributed by atoms with E-state index < -0.39 is 0 Å². The predicted molar refractivity (Wildman–Crippen MR) is 63.6 cm³/mol. The molecule has 0 unspecified atom stereocenters. The molecule has 3 heteroatoms. The minimum Gasteiger partial charge on any atom is -0.329 e. The minimum absolute atomic E-state index is 0.182. The van der Waals surface area contributed by atoms with Crippen molar-refractivity contribution in [1.29, 1.82) is 0 Å². The van der Waals surface area contributed by atoms with E-state index in [0.29, 0.717) is 6.54 Å². The molecule has 2 rings (SSSR count). The third-order valence-electron chi connectivity index (χ3n) is 3.31. The molecule has 1 atom stereocenters.